The van der Waals surface area contributed by atoms with Crippen LogP contribution in [0, 0.1) is 0 Å². The van der Waals surface area contributed by atoms with Crippen molar-refractivity contribution in [2.45, 2.75) is 31.8 Å². The number of fused-ring (bicyclic) bond motifs is 1. The summed E-state index contributed by atoms with van der Waals surface area (Å²) in [6.45, 7) is 3.32. The van der Waals surface area contributed by atoms with Gasteiger partial charge in [-0.1, -0.05) is 0 Å². The maximum absolute atomic E-state index is 12.8. The molecule has 3 heterocycles. The van der Waals surface area contributed by atoms with E-state index in [1.54, 1.807) is 24.1 Å². The third-order valence-electron chi connectivity index (χ3n) is 5.73. The van der Waals surface area contributed by atoms with Crippen LogP contribution >= 0.6 is 0 Å². The van der Waals surface area contributed by atoms with Gasteiger partial charge in [-0.25, -0.2) is 9.78 Å². The number of carbonyl (C=O) groups excluding carboxylic acids is 2. The Morgan fingerprint density at radius 1 is 1.17 bits per heavy atom. The Bertz CT molecular complexity index is 941. The lowest BCUT2D eigenvalue weighted by Gasteiger charge is -2.44. The number of ether oxygens (including phenoxy) is 2. The summed E-state index contributed by atoms with van der Waals surface area (Å²) in [6.07, 6.45) is 1.74. The number of aromatic nitrogens is 1. The average molecular weight is 410 g/mol. The number of carbonyl (C=O) groups is 2. The topological polar surface area (TPSA) is 84.0 Å². The van der Waals surface area contributed by atoms with Gasteiger partial charge in [-0.2, -0.15) is 0 Å². The fourth-order valence-corrected chi connectivity index (χ4v) is 4.07. The molecule has 1 saturated heterocycles. The zero-order valence-corrected chi connectivity index (χ0v) is 17.4. The molecule has 158 valence electrons. The molecule has 0 saturated carbocycles. The van der Waals surface area contributed by atoms with E-state index in [9.17, 15) is 9.59 Å². The number of benzene rings is 1. The van der Waals surface area contributed by atoms with Gasteiger partial charge >= 0.3 is 5.97 Å². The van der Waals surface area contributed by atoms with Crippen molar-refractivity contribution in [1.82, 2.24) is 4.98 Å². The molecule has 2 aromatic rings. The van der Waals surface area contributed by atoms with E-state index in [0.717, 1.165) is 30.0 Å². The Kier molecular flexibility index (Phi) is 5.59. The molecule has 0 bridgehead atoms. The summed E-state index contributed by atoms with van der Waals surface area (Å²) in [5.74, 6) is 1.16. The maximum atomic E-state index is 12.8. The minimum absolute atomic E-state index is 0.0647. The van der Waals surface area contributed by atoms with Crippen LogP contribution in [0.25, 0.3) is 0 Å². The van der Waals surface area contributed by atoms with E-state index in [1.165, 1.54) is 7.11 Å². The SMILES string of the molecule is COC(=O)c1ccc(Nc2ccc3c(n2)N(C2CCOCC2)[C@H](C)C(=O)N3C)cc1. The molecular formula is C22H26N4O4. The zero-order valence-electron chi connectivity index (χ0n) is 17.4. The summed E-state index contributed by atoms with van der Waals surface area (Å²) in [6, 6.07) is 10.7. The van der Waals surface area contributed by atoms with Gasteiger partial charge in [0.2, 0.25) is 5.91 Å². The molecule has 0 unspecified atom stereocenters. The van der Waals surface area contributed by atoms with Crippen LogP contribution < -0.4 is 15.1 Å². The van der Waals surface area contributed by atoms with Crippen LogP contribution in [-0.4, -0.2) is 56.3 Å². The van der Waals surface area contributed by atoms with E-state index < -0.39 is 0 Å². The van der Waals surface area contributed by atoms with Gasteiger partial charge in [0.15, 0.2) is 5.82 Å². The zero-order chi connectivity index (χ0) is 21.3. The van der Waals surface area contributed by atoms with Crippen molar-refractivity contribution in [3.05, 3.63) is 42.0 Å². The van der Waals surface area contributed by atoms with Gasteiger partial charge in [0, 0.05) is 32.0 Å². The number of hydrogen-bond acceptors (Lipinski definition) is 7. The number of amides is 1. The third-order valence-corrected chi connectivity index (χ3v) is 5.73. The highest BCUT2D eigenvalue weighted by Gasteiger charge is 2.39. The molecule has 1 aromatic heterocycles. The van der Waals surface area contributed by atoms with E-state index >= 15 is 0 Å². The predicted molar refractivity (Wildman–Crippen MR) is 114 cm³/mol. The predicted octanol–water partition coefficient (Wildman–Crippen LogP) is 2.96. The lowest BCUT2D eigenvalue weighted by Crippen LogP contribution is -2.56. The first-order valence-electron chi connectivity index (χ1n) is 10.1. The lowest BCUT2D eigenvalue weighted by atomic mass is 10.0. The van der Waals surface area contributed by atoms with Crippen molar-refractivity contribution >= 4 is 34.9 Å². The molecule has 1 amide bonds. The Labute approximate surface area is 175 Å². The van der Waals surface area contributed by atoms with Crippen LogP contribution in [0.5, 0.6) is 0 Å². The molecule has 8 heteroatoms. The normalized spacial score (nSPS) is 19.4. The van der Waals surface area contributed by atoms with Gasteiger partial charge < -0.3 is 24.6 Å². The van der Waals surface area contributed by atoms with Crippen LogP contribution in [-0.2, 0) is 14.3 Å². The summed E-state index contributed by atoms with van der Waals surface area (Å²) in [5.41, 5.74) is 2.10. The van der Waals surface area contributed by atoms with Crippen LogP contribution in [0.2, 0.25) is 0 Å². The van der Waals surface area contributed by atoms with Crippen LogP contribution in [0.1, 0.15) is 30.1 Å². The van der Waals surface area contributed by atoms with Crippen LogP contribution in [0.15, 0.2) is 36.4 Å². The number of nitrogens with zero attached hydrogens (tertiary/aromatic N) is 3. The van der Waals surface area contributed by atoms with E-state index in [0.29, 0.717) is 24.6 Å². The van der Waals surface area contributed by atoms with E-state index in [-0.39, 0.29) is 24.0 Å². The van der Waals surface area contributed by atoms with Crippen molar-refractivity contribution in [3.63, 3.8) is 0 Å². The molecular weight excluding hydrogens is 384 g/mol. The van der Waals surface area contributed by atoms with Gasteiger partial charge in [0.25, 0.3) is 0 Å². The fourth-order valence-electron chi connectivity index (χ4n) is 4.07. The minimum Gasteiger partial charge on any atom is -0.465 e. The molecule has 1 aromatic carbocycles. The van der Waals surface area contributed by atoms with Crippen molar-refractivity contribution in [2.24, 2.45) is 0 Å². The van der Waals surface area contributed by atoms with Gasteiger partial charge in [-0.3, -0.25) is 4.79 Å². The van der Waals surface area contributed by atoms with Gasteiger partial charge in [-0.05, 0) is 56.2 Å². The Morgan fingerprint density at radius 2 is 1.87 bits per heavy atom. The van der Waals surface area contributed by atoms with E-state index in [2.05, 4.69) is 10.2 Å². The van der Waals surface area contributed by atoms with Gasteiger partial charge in [-0.15, -0.1) is 0 Å². The second-order valence-electron chi connectivity index (χ2n) is 7.56. The first-order chi connectivity index (χ1) is 14.5. The number of hydrogen-bond donors (Lipinski definition) is 1. The smallest absolute Gasteiger partial charge is 0.337 e. The molecule has 4 rings (SSSR count). The molecule has 0 aliphatic carbocycles. The molecule has 30 heavy (non-hydrogen) atoms. The van der Waals surface area contributed by atoms with Crippen molar-refractivity contribution in [2.75, 3.05) is 42.5 Å². The van der Waals surface area contributed by atoms with Crippen LogP contribution in [0.3, 0.4) is 0 Å². The standard InChI is InChI=1S/C22H26N4O4/c1-14-21(27)25(2)18-8-9-19(23-16-6-4-15(5-7-16)22(28)29-3)24-20(18)26(14)17-10-12-30-13-11-17/h4-9,14,17H,10-13H2,1-3H3,(H,23,24)/t14-/m1/s1. The first-order valence-corrected chi connectivity index (χ1v) is 10.1. The van der Waals surface area contributed by atoms with Crippen LogP contribution in [0.4, 0.5) is 23.0 Å². The minimum atomic E-state index is -0.373. The molecule has 1 fully saturated rings. The largest absolute Gasteiger partial charge is 0.465 e. The third kappa shape index (κ3) is 3.70. The second kappa shape index (κ2) is 8.31. The molecule has 0 radical (unpaired) electrons. The highest BCUT2D eigenvalue weighted by Crippen LogP contribution is 2.38. The number of pyridine rings is 1. The molecule has 0 spiro atoms. The van der Waals surface area contributed by atoms with E-state index in [1.807, 2.05) is 31.2 Å². The Balaban J connectivity index is 1.64. The number of anilines is 4. The highest BCUT2D eigenvalue weighted by atomic mass is 16.5. The fraction of sp³-hybridized carbons (Fsp3) is 0.409. The number of nitrogens with one attached hydrogen (secondary N) is 1. The average Bonchev–Trinajstić information content (AvgIpc) is 2.78. The summed E-state index contributed by atoms with van der Waals surface area (Å²) in [4.78, 5) is 33.1. The molecule has 1 N–H and O–H groups in total. The molecule has 2 aliphatic heterocycles. The number of esters is 1. The molecule has 2 aliphatic rings. The summed E-state index contributed by atoms with van der Waals surface area (Å²) in [7, 11) is 3.15. The quantitative estimate of drug-likeness (QED) is 0.776. The monoisotopic (exact) mass is 410 g/mol. The van der Waals surface area contributed by atoms with Crippen molar-refractivity contribution < 1.29 is 19.1 Å². The van der Waals surface area contributed by atoms with E-state index in [4.69, 9.17) is 14.5 Å². The Morgan fingerprint density at radius 3 is 2.53 bits per heavy atom. The van der Waals surface area contributed by atoms with Gasteiger partial charge in [0.1, 0.15) is 11.9 Å². The maximum Gasteiger partial charge on any atom is 0.337 e. The van der Waals surface area contributed by atoms with Gasteiger partial charge in [0.05, 0.1) is 18.4 Å². The Hall–Kier alpha value is -3.13. The summed E-state index contributed by atoms with van der Waals surface area (Å²) >= 11 is 0. The summed E-state index contributed by atoms with van der Waals surface area (Å²) in [5, 5.41) is 3.28. The number of rotatable bonds is 4. The van der Waals surface area contributed by atoms with Crippen molar-refractivity contribution in [1.29, 1.82) is 0 Å². The second-order valence-corrected chi connectivity index (χ2v) is 7.56. The number of likely N-dealkylation sites (N-methyl/N-ethyl adjacent to an activating group) is 1. The first kappa shape index (κ1) is 20.2. The summed E-state index contributed by atoms with van der Waals surface area (Å²) < 4.78 is 10.2. The van der Waals surface area contributed by atoms with Crippen molar-refractivity contribution in [3.8, 4) is 0 Å². The number of methoxy groups -OCH3 is 1. The highest BCUT2D eigenvalue weighted by molar-refractivity contribution is 6.04. The molecule has 1 atom stereocenters. The lowest BCUT2D eigenvalue weighted by molar-refractivity contribution is -0.119. The molecule has 8 nitrogen and oxygen atoms in total.